The molecule has 0 amide bonds. The second-order valence-corrected chi connectivity index (χ2v) is 4.58. The van der Waals surface area contributed by atoms with Gasteiger partial charge in [-0.15, -0.1) is 10.2 Å². The predicted octanol–water partition coefficient (Wildman–Crippen LogP) is 1.57. The number of hydrogen-bond donors (Lipinski definition) is 1. The summed E-state index contributed by atoms with van der Waals surface area (Å²) in [5, 5.41) is 13.5. The highest BCUT2D eigenvalue weighted by Gasteiger charge is 2.14. The summed E-state index contributed by atoms with van der Waals surface area (Å²) in [4.78, 5) is 2.44. The summed E-state index contributed by atoms with van der Waals surface area (Å²) in [5.74, 6) is 0. The number of anilines is 1. The van der Waals surface area contributed by atoms with Crippen LogP contribution in [-0.2, 0) is 6.54 Å². The highest BCUT2D eigenvalue weighted by molar-refractivity contribution is 7.15. The number of aromatic nitrogens is 2. The first-order valence-corrected chi connectivity index (χ1v) is 5.98. The van der Waals surface area contributed by atoms with Crippen molar-refractivity contribution in [1.82, 2.24) is 15.1 Å². The maximum absolute atomic E-state index is 4.16. The molecule has 1 aliphatic rings. The van der Waals surface area contributed by atoms with E-state index in [1.54, 1.807) is 11.3 Å². The molecule has 1 N–H and O–H groups in total. The quantitative estimate of drug-likeness (QED) is 0.822. The van der Waals surface area contributed by atoms with Gasteiger partial charge < -0.3 is 5.32 Å². The molecule has 1 aliphatic heterocycles. The van der Waals surface area contributed by atoms with Crippen LogP contribution in [0.3, 0.4) is 0 Å². The zero-order valence-corrected chi connectivity index (χ0v) is 9.31. The minimum Gasteiger partial charge on any atom is -0.360 e. The van der Waals surface area contributed by atoms with Crippen molar-refractivity contribution in [2.75, 3.05) is 25.0 Å². The van der Waals surface area contributed by atoms with Gasteiger partial charge in [0, 0.05) is 6.54 Å². The molecule has 1 aromatic rings. The minimum atomic E-state index is 0.915. The molecule has 5 heteroatoms. The summed E-state index contributed by atoms with van der Waals surface area (Å²) in [7, 11) is 0. The fourth-order valence-electron chi connectivity index (χ4n) is 1.67. The molecule has 4 nitrogen and oxygen atoms in total. The van der Waals surface area contributed by atoms with Gasteiger partial charge in [-0.1, -0.05) is 11.3 Å². The van der Waals surface area contributed by atoms with Crippen molar-refractivity contribution in [1.29, 1.82) is 0 Å². The average Bonchev–Trinajstić information content (AvgIpc) is 2.79. The Morgan fingerprint density at radius 2 is 2.14 bits per heavy atom. The number of hydrogen-bond acceptors (Lipinski definition) is 5. The standard InChI is InChI=1S/C9H16N4S/c1-2-10-9-12-11-8(14-9)7-13-5-3-4-6-13/h2-7H2,1H3,(H,10,12). The normalized spacial score (nSPS) is 17.5. The Morgan fingerprint density at radius 1 is 1.36 bits per heavy atom. The maximum Gasteiger partial charge on any atom is 0.205 e. The van der Waals surface area contributed by atoms with Crippen LogP contribution in [0.2, 0.25) is 0 Å². The third kappa shape index (κ3) is 2.42. The lowest BCUT2D eigenvalue weighted by Crippen LogP contribution is -2.18. The summed E-state index contributed by atoms with van der Waals surface area (Å²) < 4.78 is 0. The molecule has 0 aromatic carbocycles. The van der Waals surface area contributed by atoms with Crippen molar-refractivity contribution in [3.63, 3.8) is 0 Å². The zero-order chi connectivity index (χ0) is 9.80. The molecule has 78 valence electrons. The second-order valence-electron chi connectivity index (χ2n) is 3.51. The van der Waals surface area contributed by atoms with E-state index in [2.05, 4.69) is 27.3 Å². The second kappa shape index (κ2) is 4.70. The topological polar surface area (TPSA) is 41.1 Å². The van der Waals surface area contributed by atoms with Gasteiger partial charge in [0.2, 0.25) is 5.13 Å². The third-order valence-electron chi connectivity index (χ3n) is 2.35. The molecular weight excluding hydrogens is 196 g/mol. The van der Waals surface area contributed by atoms with Crippen molar-refractivity contribution in [2.24, 2.45) is 0 Å². The van der Waals surface area contributed by atoms with Crippen LogP contribution >= 0.6 is 11.3 Å². The maximum atomic E-state index is 4.16. The van der Waals surface area contributed by atoms with Crippen molar-refractivity contribution >= 4 is 16.5 Å². The average molecular weight is 212 g/mol. The van der Waals surface area contributed by atoms with E-state index in [-0.39, 0.29) is 0 Å². The summed E-state index contributed by atoms with van der Waals surface area (Å²) in [6, 6.07) is 0. The first kappa shape index (κ1) is 9.86. The highest BCUT2D eigenvalue weighted by atomic mass is 32.1. The first-order valence-electron chi connectivity index (χ1n) is 5.17. The fourth-order valence-corrected chi connectivity index (χ4v) is 2.52. The van der Waals surface area contributed by atoms with E-state index in [0.717, 1.165) is 23.2 Å². The SMILES string of the molecule is CCNc1nnc(CN2CCCC2)s1. The van der Waals surface area contributed by atoms with E-state index in [4.69, 9.17) is 0 Å². The van der Waals surface area contributed by atoms with E-state index >= 15 is 0 Å². The Balaban J connectivity index is 1.88. The van der Waals surface area contributed by atoms with Crippen LogP contribution in [0, 0.1) is 0 Å². The van der Waals surface area contributed by atoms with Crippen molar-refractivity contribution in [2.45, 2.75) is 26.3 Å². The van der Waals surface area contributed by atoms with Gasteiger partial charge >= 0.3 is 0 Å². The molecule has 1 fully saturated rings. The summed E-state index contributed by atoms with van der Waals surface area (Å²) >= 11 is 1.67. The molecule has 2 heterocycles. The Hall–Kier alpha value is -0.680. The van der Waals surface area contributed by atoms with Crippen LogP contribution in [0.1, 0.15) is 24.8 Å². The van der Waals surface area contributed by atoms with E-state index in [0.29, 0.717) is 0 Å². The number of nitrogens with one attached hydrogen (secondary N) is 1. The van der Waals surface area contributed by atoms with Crippen LogP contribution in [0.5, 0.6) is 0 Å². The molecule has 14 heavy (non-hydrogen) atoms. The monoisotopic (exact) mass is 212 g/mol. The molecular formula is C9H16N4S. The van der Waals surface area contributed by atoms with Crippen LogP contribution in [0.4, 0.5) is 5.13 Å². The summed E-state index contributed by atoms with van der Waals surface area (Å²) in [6.07, 6.45) is 2.66. The van der Waals surface area contributed by atoms with Crippen molar-refractivity contribution in [3.05, 3.63) is 5.01 Å². The third-order valence-corrected chi connectivity index (χ3v) is 3.22. The summed E-state index contributed by atoms with van der Waals surface area (Å²) in [5.41, 5.74) is 0. The molecule has 0 unspecified atom stereocenters. The van der Waals surface area contributed by atoms with Crippen LogP contribution in [0.25, 0.3) is 0 Å². The van der Waals surface area contributed by atoms with Crippen LogP contribution in [0.15, 0.2) is 0 Å². The molecule has 1 saturated heterocycles. The molecule has 0 aliphatic carbocycles. The van der Waals surface area contributed by atoms with Gasteiger partial charge in [0.25, 0.3) is 0 Å². The molecule has 0 saturated carbocycles. The lowest BCUT2D eigenvalue weighted by atomic mass is 10.4. The minimum absolute atomic E-state index is 0.915. The molecule has 0 bridgehead atoms. The zero-order valence-electron chi connectivity index (χ0n) is 8.49. The molecule has 0 radical (unpaired) electrons. The summed E-state index contributed by atoms with van der Waals surface area (Å²) in [6.45, 7) is 6.40. The Morgan fingerprint density at radius 3 is 2.86 bits per heavy atom. The van der Waals surface area contributed by atoms with E-state index in [9.17, 15) is 0 Å². The first-order chi connectivity index (χ1) is 6.88. The number of nitrogens with zero attached hydrogens (tertiary/aromatic N) is 3. The van der Waals surface area contributed by atoms with Gasteiger partial charge in [0.1, 0.15) is 5.01 Å². The van der Waals surface area contributed by atoms with Crippen molar-refractivity contribution < 1.29 is 0 Å². The van der Waals surface area contributed by atoms with Gasteiger partial charge in [0.15, 0.2) is 0 Å². The molecule has 1 aromatic heterocycles. The smallest absolute Gasteiger partial charge is 0.205 e. The fraction of sp³-hybridized carbons (Fsp3) is 0.778. The van der Waals surface area contributed by atoms with Crippen molar-refractivity contribution in [3.8, 4) is 0 Å². The Labute approximate surface area is 88.3 Å². The van der Waals surface area contributed by atoms with E-state index in [1.807, 2.05) is 0 Å². The van der Waals surface area contributed by atoms with Crippen LogP contribution in [-0.4, -0.2) is 34.7 Å². The predicted molar refractivity (Wildman–Crippen MR) is 58.6 cm³/mol. The van der Waals surface area contributed by atoms with E-state index < -0.39 is 0 Å². The van der Waals surface area contributed by atoms with E-state index in [1.165, 1.54) is 25.9 Å². The lowest BCUT2D eigenvalue weighted by Gasteiger charge is -2.10. The Kier molecular flexibility index (Phi) is 3.31. The largest absolute Gasteiger partial charge is 0.360 e. The van der Waals surface area contributed by atoms with Gasteiger partial charge in [-0.25, -0.2) is 0 Å². The highest BCUT2D eigenvalue weighted by Crippen LogP contribution is 2.18. The number of rotatable bonds is 4. The van der Waals surface area contributed by atoms with Crippen LogP contribution < -0.4 is 5.32 Å². The van der Waals surface area contributed by atoms with Gasteiger partial charge in [0.05, 0.1) is 6.54 Å². The lowest BCUT2D eigenvalue weighted by molar-refractivity contribution is 0.330. The number of likely N-dealkylation sites (tertiary alicyclic amines) is 1. The molecule has 0 spiro atoms. The van der Waals surface area contributed by atoms with Gasteiger partial charge in [-0.3, -0.25) is 4.90 Å². The molecule has 0 atom stereocenters. The van der Waals surface area contributed by atoms with Gasteiger partial charge in [-0.05, 0) is 32.9 Å². The molecule has 2 rings (SSSR count). The Bertz CT molecular complexity index is 280. The van der Waals surface area contributed by atoms with Gasteiger partial charge in [-0.2, -0.15) is 0 Å².